The first-order valence-electron chi connectivity index (χ1n) is 6.44. The number of likely N-dealkylation sites (tertiary alicyclic amines) is 1. The van der Waals surface area contributed by atoms with Crippen LogP contribution in [0.3, 0.4) is 0 Å². The van der Waals surface area contributed by atoms with Crippen molar-refractivity contribution in [2.45, 2.75) is 12.6 Å². The first-order valence-corrected chi connectivity index (χ1v) is 6.44. The van der Waals surface area contributed by atoms with Crippen LogP contribution < -0.4 is 5.73 Å². The first-order chi connectivity index (χ1) is 8.35. The second-order valence-corrected chi connectivity index (χ2v) is 5.31. The Morgan fingerprint density at radius 1 is 1.29 bits per heavy atom. The van der Waals surface area contributed by atoms with E-state index in [4.69, 9.17) is 5.73 Å². The number of aliphatic hydroxyl groups is 1. The largest absolute Gasteiger partial charge is 0.395 e. The van der Waals surface area contributed by atoms with Crippen molar-refractivity contribution in [3.8, 4) is 0 Å². The average Bonchev–Trinajstić information content (AvgIpc) is 2.93. The summed E-state index contributed by atoms with van der Waals surface area (Å²) in [5.41, 5.74) is 7.07. The summed E-state index contributed by atoms with van der Waals surface area (Å²) in [6.07, 6.45) is 0. The number of hydrogen-bond acceptors (Lipinski definition) is 3. The van der Waals surface area contributed by atoms with E-state index >= 15 is 0 Å². The van der Waals surface area contributed by atoms with Crippen LogP contribution in [0.1, 0.15) is 5.56 Å². The maximum Gasteiger partial charge on any atom is 0.0589 e. The third kappa shape index (κ3) is 1.88. The zero-order chi connectivity index (χ0) is 11.8. The summed E-state index contributed by atoms with van der Waals surface area (Å²) in [6, 6.07) is 10.8. The smallest absolute Gasteiger partial charge is 0.0589 e. The van der Waals surface area contributed by atoms with E-state index in [2.05, 4.69) is 29.2 Å². The predicted octanol–water partition coefficient (Wildman–Crippen LogP) is 0.684. The molecule has 2 fully saturated rings. The van der Waals surface area contributed by atoms with Crippen LogP contribution >= 0.6 is 0 Å². The van der Waals surface area contributed by atoms with Gasteiger partial charge in [0.25, 0.3) is 0 Å². The molecule has 1 aliphatic carbocycles. The molecule has 3 nitrogen and oxygen atoms in total. The molecule has 1 aromatic carbocycles. The van der Waals surface area contributed by atoms with E-state index in [0.717, 1.165) is 25.6 Å². The van der Waals surface area contributed by atoms with E-state index in [1.54, 1.807) is 0 Å². The SMILES string of the molecule is NCC1C2CN(Cc3ccccc3)C(CO)C12. The lowest BCUT2D eigenvalue weighted by Crippen LogP contribution is -2.37. The fraction of sp³-hybridized carbons (Fsp3) is 0.571. The van der Waals surface area contributed by atoms with Crippen molar-refractivity contribution < 1.29 is 5.11 Å². The molecule has 0 amide bonds. The molecular formula is C14H20N2O. The van der Waals surface area contributed by atoms with Crippen LogP contribution in [0.4, 0.5) is 0 Å². The maximum absolute atomic E-state index is 9.54. The summed E-state index contributed by atoms with van der Waals surface area (Å²) >= 11 is 0. The van der Waals surface area contributed by atoms with Crippen LogP contribution in [-0.4, -0.2) is 35.7 Å². The van der Waals surface area contributed by atoms with Gasteiger partial charge in [0.2, 0.25) is 0 Å². The normalized spacial score (nSPS) is 35.9. The monoisotopic (exact) mass is 232 g/mol. The molecule has 1 heterocycles. The summed E-state index contributed by atoms with van der Waals surface area (Å²) in [7, 11) is 0. The van der Waals surface area contributed by atoms with Crippen molar-refractivity contribution in [2.24, 2.45) is 23.5 Å². The van der Waals surface area contributed by atoms with Crippen molar-refractivity contribution in [3.63, 3.8) is 0 Å². The van der Waals surface area contributed by atoms with Gasteiger partial charge < -0.3 is 10.8 Å². The van der Waals surface area contributed by atoms with E-state index < -0.39 is 0 Å². The fourth-order valence-electron chi connectivity index (χ4n) is 3.52. The zero-order valence-corrected chi connectivity index (χ0v) is 10.00. The minimum atomic E-state index is 0.268. The van der Waals surface area contributed by atoms with Crippen molar-refractivity contribution in [2.75, 3.05) is 19.7 Å². The standard InChI is InChI=1S/C14H20N2O/c15-6-11-12-8-16(13(9-17)14(11)12)7-10-4-2-1-3-5-10/h1-5,11-14,17H,6-9,15H2. The molecule has 3 heteroatoms. The number of rotatable bonds is 4. The fourth-order valence-corrected chi connectivity index (χ4v) is 3.52. The lowest BCUT2D eigenvalue weighted by atomic mass is 10.1. The Labute approximate surface area is 102 Å². The number of benzene rings is 1. The van der Waals surface area contributed by atoms with Crippen molar-refractivity contribution >= 4 is 0 Å². The van der Waals surface area contributed by atoms with Crippen LogP contribution in [-0.2, 0) is 6.54 Å². The topological polar surface area (TPSA) is 49.5 Å². The molecule has 0 spiro atoms. The second kappa shape index (κ2) is 4.41. The Bertz CT molecular complexity index is 381. The first kappa shape index (κ1) is 11.2. The van der Waals surface area contributed by atoms with Gasteiger partial charge in [0.1, 0.15) is 0 Å². The quantitative estimate of drug-likeness (QED) is 0.803. The van der Waals surface area contributed by atoms with E-state index in [0.29, 0.717) is 17.9 Å². The van der Waals surface area contributed by atoms with Gasteiger partial charge in [0.15, 0.2) is 0 Å². The van der Waals surface area contributed by atoms with E-state index in [9.17, 15) is 5.11 Å². The molecule has 1 saturated heterocycles. The second-order valence-electron chi connectivity index (χ2n) is 5.31. The molecule has 4 atom stereocenters. The van der Waals surface area contributed by atoms with E-state index in [1.165, 1.54) is 5.56 Å². The van der Waals surface area contributed by atoms with E-state index in [1.807, 2.05) is 6.07 Å². The highest BCUT2D eigenvalue weighted by Gasteiger charge is 2.59. The highest BCUT2D eigenvalue weighted by molar-refractivity contribution is 5.17. The Balaban J connectivity index is 1.66. The van der Waals surface area contributed by atoms with Gasteiger partial charge in [-0.25, -0.2) is 0 Å². The van der Waals surface area contributed by atoms with E-state index in [-0.39, 0.29) is 6.61 Å². The molecular weight excluding hydrogens is 212 g/mol. The minimum Gasteiger partial charge on any atom is -0.395 e. The molecule has 0 bridgehead atoms. The number of piperidine rings is 1. The average molecular weight is 232 g/mol. The van der Waals surface area contributed by atoms with Crippen molar-refractivity contribution in [1.82, 2.24) is 4.90 Å². The number of aliphatic hydroxyl groups excluding tert-OH is 1. The molecule has 3 rings (SSSR count). The Kier molecular flexibility index (Phi) is 2.90. The van der Waals surface area contributed by atoms with Crippen molar-refractivity contribution in [3.05, 3.63) is 35.9 Å². The molecule has 1 aromatic rings. The van der Waals surface area contributed by atoms with Gasteiger partial charge in [-0.2, -0.15) is 0 Å². The van der Waals surface area contributed by atoms with Gasteiger partial charge in [0.05, 0.1) is 6.61 Å². The Hall–Kier alpha value is -0.900. The molecule has 17 heavy (non-hydrogen) atoms. The lowest BCUT2D eigenvalue weighted by molar-refractivity contribution is 0.122. The summed E-state index contributed by atoms with van der Waals surface area (Å²) in [4.78, 5) is 2.41. The summed E-state index contributed by atoms with van der Waals surface area (Å²) in [5, 5.41) is 9.54. The van der Waals surface area contributed by atoms with Crippen LogP contribution in [0.15, 0.2) is 30.3 Å². The number of nitrogens with two attached hydrogens (primary N) is 1. The minimum absolute atomic E-state index is 0.268. The molecule has 2 aliphatic rings. The summed E-state index contributed by atoms with van der Waals surface area (Å²) < 4.78 is 0. The molecule has 0 radical (unpaired) electrons. The van der Waals surface area contributed by atoms with Gasteiger partial charge in [-0.15, -0.1) is 0 Å². The number of nitrogens with zero attached hydrogens (tertiary/aromatic N) is 1. The van der Waals surface area contributed by atoms with Gasteiger partial charge in [-0.3, -0.25) is 4.90 Å². The molecule has 4 unspecified atom stereocenters. The molecule has 0 aromatic heterocycles. The third-order valence-corrected chi connectivity index (χ3v) is 4.44. The number of fused-ring (bicyclic) bond motifs is 1. The highest BCUT2D eigenvalue weighted by Crippen LogP contribution is 2.54. The van der Waals surface area contributed by atoms with Crippen LogP contribution in [0.25, 0.3) is 0 Å². The molecule has 92 valence electrons. The summed E-state index contributed by atoms with van der Waals surface area (Å²) in [6.45, 7) is 3.11. The van der Waals surface area contributed by atoms with Crippen LogP contribution in [0, 0.1) is 17.8 Å². The molecule has 3 N–H and O–H groups in total. The maximum atomic E-state index is 9.54. The third-order valence-electron chi connectivity index (χ3n) is 4.44. The summed E-state index contributed by atoms with van der Waals surface area (Å²) in [5.74, 6) is 2.05. The predicted molar refractivity (Wildman–Crippen MR) is 67.3 cm³/mol. The van der Waals surface area contributed by atoms with Gasteiger partial charge in [-0.05, 0) is 29.9 Å². The van der Waals surface area contributed by atoms with Gasteiger partial charge in [-0.1, -0.05) is 30.3 Å². The Morgan fingerprint density at radius 3 is 2.71 bits per heavy atom. The van der Waals surface area contributed by atoms with Gasteiger partial charge in [0, 0.05) is 19.1 Å². The van der Waals surface area contributed by atoms with Gasteiger partial charge >= 0.3 is 0 Å². The lowest BCUT2D eigenvalue weighted by Gasteiger charge is -2.27. The molecule has 1 aliphatic heterocycles. The van der Waals surface area contributed by atoms with Crippen LogP contribution in [0.2, 0.25) is 0 Å². The highest BCUT2D eigenvalue weighted by atomic mass is 16.3. The zero-order valence-electron chi connectivity index (χ0n) is 10.00. The molecule has 1 saturated carbocycles. The number of hydrogen-bond donors (Lipinski definition) is 2. The Morgan fingerprint density at radius 2 is 2.06 bits per heavy atom. The van der Waals surface area contributed by atoms with Crippen LogP contribution in [0.5, 0.6) is 0 Å². The van der Waals surface area contributed by atoms with Crippen molar-refractivity contribution in [1.29, 1.82) is 0 Å².